The predicted molar refractivity (Wildman–Crippen MR) is 133 cm³/mol. The summed E-state index contributed by atoms with van der Waals surface area (Å²) in [5.74, 6) is -0.374. The van der Waals surface area contributed by atoms with Crippen molar-refractivity contribution in [2.75, 3.05) is 51.8 Å². The molecule has 0 unspecified atom stereocenters. The van der Waals surface area contributed by atoms with Crippen LogP contribution in [0.15, 0.2) is 23.1 Å². The lowest BCUT2D eigenvalue weighted by molar-refractivity contribution is -0.120. The van der Waals surface area contributed by atoms with Crippen LogP contribution in [0.1, 0.15) is 28.1 Å². The first kappa shape index (κ1) is 25.1. The Labute approximate surface area is 205 Å². The minimum Gasteiger partial charge on any atom is -0.379 e. The van der Waals surface area contributed by atoms with Crippen LogP contribution < -0.4 is 15.4 Å². The molecular formula is C24H31N5O5S. The highest BCUT2D eigenvalue weighted by Crippen LogP contribution is 2.35. The molecule has 1 fully saturated rings. The Hall–Kier alpha value is -2.99. The molecule has 188 valence electrons. The number of fused-ring (bicyclic) bond motifs is 1. The van der Waals surface area contributed by atoms with Crippen molar-refractivity contribution in [2.24, 2.45) is 0 Å². The SMILES string of the molecule is CNS(=O)(=O)c1ccc2c(c1)C(=Cc1[nH]c(C)c(CC(=O)NCCN3CCOCC3)c1C)C(=O)N2. The van der Waals surface area contributed by atoms with Crippen molar-refractivity contribution >= 4 is 39.2 Å². The highest BCUT2D eigenvalue weighted by molar-refractivity contribution is 7.89. The molecule has 1 aromatic carbocycles. The van der Waals surface area contributed by atoms with Gasteiger partial charge in [-0.15, -0.1) is 0 Å². The number of amides is 2. The van der Waals surface area contributed by atoms with Crippen LogP contribution in [0.5, 0.6) is 0 Å². The number of nitrogens with one attached hydrogen (secondary N) is 4. The van der Waals surface area contributed by atoms with Crippen molar-refractivity contribution in [3.63, 3.8) is 0 Å². The van der Waals surface area contributed by atoms with E-state index in [1.54, 1.807) is 12.1 Å². The number of aromatic amines is 1. The molecule has 0 atom stereocenters. The lowest BCUT2D eigenvalue weighted by Crippen LogP contribution is -2.41. The molecule has 2 aliphatic rings. The number of hydrogen-bond acceptors (Lipinski definition) is 6. The standard InChI is InChI=1S/C24H31N5O5S/c1-15-18(14-23(30)26-6-7-29-8-10-34-11-9-29)16(2)27-22(15)13-20-19-12-17(35(32,33)25-3)4-5-21(19)28-24(20)31/h4-5,12-13,25,27H,6-11,14H2,1-3H3,(H,26,30)(H,28,31). The summed E-state index contributed by atoms with van der Waals surface area (Å²) in [6.45, 7) is 8.37. The van der Waals surface area contributed by atoms with Gasteiger partial charge in [0.15, 0.2) is 0 Å². The van der Waals surface area contributed by atoms with Gasteiger partial charge in [0, 0.05) is 48.8 Å². The molecule has 0 radical (unpaired) electrons. The van der Waals surface area contributed by atoms with Crippen molar-refractivity contribution in [1.82, 2.24) is 19.9 Å². The Kier molecular flexibility index (Phi) is 7.41. The van der Waals surface area contributed by atoms with Gasteiger partial charge in [0.1, 0.15) is 0 Å². The maximum atomic E-state index is 12.7. The fourth-order valence-corrected chi connectivity index (χ4v) is 5.12. The number of carbonyl (C=O) groups excluding carboxylic acids is 2. The Morgan fingerprint density at radius 1 is 1.23 bits per heavy atom. The molecule has 0 spiro atoms. The van der Waals surface area contributed by atoms with Gasteiger partial charge in [0.05, 0.1) is 30.1 Å². The second kappa shape index (κ2) is 10.3. The Morgan fingerprint density at radius 2 is 1.97 bits per heavy atom. The number of sulfonamides is 1. The number of benzene rings is 1. The number of rotatable bonds is 8. The molecule has 10 nitrogen and oxygen atoms in total. The van der Waals surface area contributed by atoms with Crippen LogP contribution in [0.4, 0.5) is 5.69 Å². The smallest absolute Gasteiger partial charge is 0.256 e. The monoisotopic (exact) mass is 501 g/mol. The van der Waals surface area contributed by atoms with Gasteiger partial charge in [-0.2, -0.15) is 0 Å². The van der Waals surface area contributed by atoms with Crippen LogP contribution in [0.2, 0.25) is 0 Å². The van der Waals surface area contributed by atoms with E-state index in [1.807, 2.05) is 13.8 Å². The molecule has 0 aliphatic carbocycles. The van der Waals surface area contributed by atoms with Crippen LogP contribution in [-0.4, -0.2) is 76.6 Å². The molecule has 4 N–H and O–H groups in total. The van der Waals surface area contributed by atoms with E-state index in [9.17, 15) is 18.0 Å². The topological polar surface area (TPSA) is 133 Å². The molecule has 4 rings (SSSR count). The molecule has 11 heteroatoms. The molecule has 2 aromatic rings. The zero-order valence-corrected chi connectivity index (χ0v) is 21.0. The highest BCUT2D eigenvalue weighted by atomic mass is 32.2. The van der Waals surface area contributed by atoms with Crippen LogP contribution in [0, 0.1) is 13.8 Å². The Balaban J connectivity index is 1.50. The van der Waals surface area contributed by atoms with Crippen LogP contribution in [0.25, 0.3) is 11.6 Å². The second-order valence-electron chi connectivity index (χ2n) is 8.68. The Bertz CT molecular complexity index is 1280. The molecule has 2 aliphatic heterocycles. The minimum atomic E-state index is -3.65. The summed E-state index contributed by atoms with van der Waals surface area (Å²) >= 11 is 0. The minimum absolute atomic E-state index is 0.0615. The van der Waals surface area contributed by atoms with Gasteiger partial charge in [-0.3, -0.25) is 14.5 Å². The normalized spacial score (nSPS) is 17.5. The van der Waals surface area contributed by atoms with Gasteiger partial charge in [0.25, 0.3) is 5.91 Å². The fourth-order valence-electron chi connectivity index (χ4n) is 4.37. The summed E-state index contributed by atoms with van der Waals surface area (Å²) in [5.41, 5.74) is 4.74. The van der Waals surface area contributed by atoms with E-state index in [1.165, 1.54) is 19.2 Å². The molecule has 0 bridgehead atoms. The largest absolute Gasteiger partial charge is 0.379 e. The zero-order valence-electron chi connectivity index (χ0n) is 20.2. The third-order valence-corrected chi connectivity index (χ3v) is 7.88. The number of morpholine rings is 1. The molecule has 1 aromatic heterocycles. The average Bonchev–Trinajstić information content (AvgIpc) is 3.29. The number of carbonyl (C=O) groups is 2. The molecule has 1 saturated heterocycles. The van der Waals surface area contributed by atoms with Crippen molar-refractivity contribution in [3.8, 4) is 0 Å². The molecule has 2 amide bonds. The lowest BCUT2D eigenvalue weighted by atomic mass is 10.0. The summed E-state index contributed by atoms with van der Waals surface area (Å²) in [4.78, 5) is 30.9. The third kappa shape index (κ3) is 5.48. The van der Waals surface area contributed by atoms with Crippen molar-refractivity contribution < 1.29 is 22.7 Å². The van der Waals surface area contributed by atoms with E-state index in [4.69, 9.17) is 4.74 Å². The lowest BCUT2D eigenvalue weighted by Gasteiger charge is -2.26. The third-order valence-electron chi connectivity index (χ3n) is 6.46. The number of H-pyrrole nitrogens is 1. The van der Waals surface area contributed by atoms with Crippen molar-refractivity contribution in [3.05, 3.63) is 46.3 Å². The molecule has 0 saturated carbocycles. The summed E-state index contributed by atoms with van der Waals surface area (Å²) in [6, 6.07) is 4.52. The number of ether oxygens (including phenoxy) is 1. The number of hydrogen-bond donors (Lipinski definition) is 4. The van der Waals surface area contributed by atoms with Crippen LogP contribution in [0.3, 0.4) is 0 Å². The zero-order chi connectivity index (χ0) is 25.2. The summed E-state index contributed by atoms with van der Waals surface area (Å²) in [5, 5.41) is 5.76. The number of nitrogens with zero attached hydrogens (tertiary/aromatic N) is 1. The van der Waals surface area contributed by atoms with Crippen LogP contribution in [-0.2, 0) is 30.8 Å². The van der Waals surface area contributed by atoms with E-state index >= 15 is 0 Å². The number of anilines is 1. The average molecular weight is 502 g/mol. The number of aromatic nitrogens is 1. The maximum absolute atomic E-state index is 12.7. The van der Waals surface area contributed by atoms with Gasteiger partial charge < -0.3 is 20.4 Å². The van der Waals surface area contributed by atoms with E-state index in [0.29, 0.717) is 29.1 Å². The summed E-state index contributed by atoms with van der Waals surface area (Å²) < 4.78 is 32.1. The maximum Gasteiger partial charge on any atom is 0.256 e. The quantitative estimate of drug-likeness (QED) is 0.400. The first-order valence-electron chi connectivity index (χ1n) is 11.6. The van der Waals surface area contributed by atoms with Crippen molar-refractivity contribution in [1.29, 1.82) is 0 Å². The van der Waals surface area contributed by atoms with E-state index < -0.39 is 10.0 Å². The van der Waals surface area contributed by atoms with Crippen molar-refractivity contribution in [2.45, 2.75) is 25.2 Å². The van der Waals surface area contributed by atoms with E-state index in [0.717, 1.165) is 49.7 Å². The highest BCUT2D eigenvalue weighted by Gasteiger charge is 2.27. The Morgan fingerprint density at radius 3 is 2.69 bits per heavy atom. The first-order valence-corrected chi connectivity index (χ1v) is 13.0. The van der Waals surface area contributed by atoms with E-state index in [-0.39, 0.29) is 23.1 Å². The van der Waals surface area contributed by atoms with Gasteiger partial charge in [-0.05, 0) is 56.3 Å². The predicted octanol–water partition coefficient (Wildman–Crippen LogP) is 1.02. The van der Waals surface area contributed by atoms with Gasteiger partial charge in [-0.25, -0.2) is 13.1 Å². The first-order chi connectivity index (χ1) is 16.7. The summed E-state index contributed by atoms with van der Waals surface area (Å²) in [7, 11) is -2.31. The molecule has 35 heavy (non-hydrogen) atoms. The van der Waals surface area contributed by atoms with Gasteiger partial charge in [0.2, 0.25) is 15.9 Å². The van der Waals surface area contributed by atoms with Crippen LogP contribution >= 0.6 is 0 Å². The molecule has 3 heterocycles. The van der Waals surface area contributed by atoms with Gasteiger partial charge in [-0.1, -0.05) is 0 Å². The summed E-state index contributed by atoms with van der Waals surface area (Å²) in [6.07, 6.45) is 1.94. The molecular weight excluding hydrogens is 470 g/mol. The van der Waals surface area contributed by atoms with E-state index in [2.05, 4.69) is 25.2 Å². The van der Waals surface area contributed by atoms with Gasteiger partial charge >= 0.3 is 0 Å². The fraction of sp³-hybridized carbons (Fsp3) is 0.417. The second-order valence-corrected chi connectivity index (χ2v) is 10.6. The number of aryl methyl sites for hydroxylation is 1.